The molecule has 0 aliphatic rings. The van der Waals surface area contributed by atoms with Gasteiger partial charge in [-0.3, -0.25) is 9.59 Å². The summed E-state index contributed by atoms with van der Waals surface area (Å²) in [4.78, 5) is 22.9. The van der Waals surface area contributed by atoms with Gasteiger partial charge >= 0.3 is 0 Å². The number of carbonyl (C=O) groups excluding carboxylic acids is 2. The first-order valence-corrected chi connectivity index (χ1v) is 7.97. The van der Waals surface area contributed by atoms with Gasteiger partial charge in [-0.1, -0.05) is 29.8 Å². The predicted octanol–water partition coefficient (Wildman–Crippen LogP) is 3.07. The number of nitrogens with one attached hydrogen (secondary N) is 3. The Labute approximate surface area is 142 Å². The fraction of sp³-hybridized carbons (Fsp3) is 0.263. The molecule has 0 heterocycles. The van der Waals surface area contributed by atoms with Crippen LogP contribution in [0.4, 0.5) is 11.4 Å². The molecule has 126 valence electrons. The van der Waals surface area contributed by atoms with Crippen molar-refractivity contribution < 1.29 is 9.59 Å². The van der Waals surface area contributed by atoms with E-state index in [9.17, 15) is 9.59 Å². The van der Waals surface area contributed by atoms with Gasteiger partial charge in [-0.05, 0) is 36.8 Å². The maximum absolute atomic E-state index is 11.9. The fourth-order valence-electron chi connectivity index (χ4n) is 2.32. The summed E-state index contributed by atoms with van der Waals surface area (Å²) in [5, 5.41) is 8.79. The van der Waals surface area contributed by atoms with Gasteiger partial charge < -0.3 is 16.0 Å². The molecule has 0 spiro atoms. The van der Waals surface area contributed by atoms with Crippen molar-refractivity contribution in [1.29, 1.82) is 0 Å². The van der Waals surface area contributed by atoms with Crippen LogP contribution < -0.4 is 16.0 Å². The number of hydrogen-bond acceptors (Lipinski definition) is 3. The lowest BCUT2D eigenvalue weighted by atomic mass is 10.1. The second kappa shape index (κ2) is 8.84. The molecule has 0 bridgehead atoms. The van der Waals surface area contributed by atoms with Crippen molar-refractivity contribution >= 4 is 23.2 Å². The average Bonchev–Trinajstić information content (AvgIpc) is 2.53. The highest BCUT2D eigenvalue weighted by atomic mass is 16.2. The quantitative estimate of drug-likeness (QED) is 0.685. The van der Waals surface area contributed by atoms with Gasteiger partial charge in [0.05, 0.1) is 0 Å². The van der Waals surface area contributed by atoms with Crippen LogP contribution in [0.25, 0.3) is 0 Å². The summed E-state index contributed by atoms with van der Waals surface area (Å²) in [6.45, 7) is 4.89. The third kappa shape index (κ3) is 6.22. The standard InChI is InChI=1S/C19H23N3O2/c1-14-4-3-5-16(12-14)13-20-11-10-19(24)22-18-8-6-17(7-9-18)21-15(2)23/h3-9,12,20H,10-11,13H2,1-2H3,(H,21,23)(H,22,24). The van der Waals surface area contributed by atoms with E-state index >= 15 is 0 Å². The molecular weight excluding hydrogens is 302 g/mol. The van der Waals surface area contributed by atoms with Gasteiger partial charge in [-0.2, -0.15) is 0 Å². The van der Waals surface area contributed by atoms with E-state index in [1.54, 1.807) is 24.3 Å². The molecule has 0 saturated heterocycles. The largest absolute Gasteiger partial charge is 0.326 e. The molecule has 2 aromatic rings. The highest BCUT2D eigenvalue weighted by Crippen LogP contribution is 2.13. The summed E-state index contributed by atoms with van der Waals surface area (Å²) in [6.07, 6.45) is 0.402. The van der Waals surface area contributed by atoms with Gasteiger partial charge in [0.15, 0.2) is 0 Å². The second-order valence-electron chi connectivity index (χ2n) is 5.72. The third-order valence-corrected chi connectivity index (χ3v) is 3.43. The third-order valence-electron chi connectivity index (χ3n) is 3.43. The number of rotatable bonds is 7. The monoisotopic (exact) mass is 325 g/mol. The van der Waals surface area contributed by atoms with Gasteiger partial charge in [0.2, 0.25) is 11.8 Å². The van der Waals surface area contributed by atoms with Gasteiger partial charge in [0.1, 0.15) is 0 Å². The Hall–Kier alpha value is -2.66. The average molecular weight is 325 g/mol. The van der Waals surface area contributed by atoms with E-state index in [0.717, 1.165) is 6.54 Å². The number of anilines is 2. The number of aryl methyl sites for hydroxylation is 1. The van der Waals surface area contributed by atoms with Crippen LogP contribution in [-0.2, 0) is 16.1 Å². The Bertz CT molecular complexity index is 696. The lowest BCUT2D eigenvalue weighted by Gasteiger charge is -2.08. The zero-order valence-corrected chi connectivity index (χ0v) is 14.1. The van der Waals surface area contributed by atoms with E-state index < -0.39 is 0 Å². The molecule has 5 heteroatoms. The van der Waals surface area contributed by atoms with E-state index in [0.29, 0.717) is 24.3 Å². The highest BCUT2D eigenvalue weighted by Gasteiger charge is 2.03. The zero-order valence-electron chi connectivity index (χ0n) is 14.1. The van der Waals surface area contributed by atoms with Crippen molar-refractivity contribution in [3.8, 4) is 0 Å². The first-order valence-electron chi connectivity index (χ1n) is 7.97. The van der Waals surface area contributed by atoms with Crippen LogP contribution in [0, 0.1) is 6.92 Å². The predicted molar refractivity (Wildman–Crippen MR) is 96.9 cm³/mol. The van der Waals surface area contributed by atoms with Crippen molar-refractivity contribution in [2.75, 3.05) is 17.2 Å². The molecular formula is C19H23N3O2. The summed E-state index contributed by atoms with van der Waals surface area (Å²) < 4.78 is 0. The molecule has 24 heavy (non-hydrogen) atoms. The molecule has 0 atom stereocenters. The molecule has 2 rings (SSSR count). The number of benzene rings is 2. The summed E-state index contributed by atoms with van der Waals surface area (Å²) >= 11 is 0. The van der Waals surface area contributed by atoms with Crippen LogP contribution in [0.3, 0.4) is 0 Å². The molecule has 0 aliphatic heterocycles. The van der Waals surface area contributed by atoms with Crippen LogP contribution >= 0.6 is 0 Å². The van der Waals surface area contributed by atoms with Gasteiger partial charge in [0.25, 0.3) is 0 Å². The Kier molecular flexibility index (Phi) is 6.51. The molecule has 2 aromatic carbocycles. The van der Waals surface area contributed by atoms with Gasteiger partial charge in [-0.15, -0.1) is 0 Å². The fourth-order valence-corrected chi connectivity index (χ4v) is 2.32. The minimum Gasteiger partial charge on any atom is -0.326 e. The topological polar surface area (TPSA) is 70.2 Å². The molecule has 0 fully saturated rings. The van der Waals surface area contributed by atoms with Crippen molar-refractivity contribution in [2.24, 2.45) is 0 Å². The van der Waals surface area contributed by atoms with Crippen molar-refractivity contribution in [3.63, 3.8) is 0 Å². The Morgan fingerprint density at radius 2 is 1.62 bits per heavy atom. The Morgan fingerprint density at radius 1 is 0.958 bits per heavy atom. The summed E-state index contributed by atoms with van der Waals surface area (Å²) in [7, 11) is 0. The smallest absolute Gasteiger partial charge is 0.225 e. The molecule has 0 aliphatic carbocycles. The molecule has 0 aromatic heterocycles. The number of carbonyl (C=O) groups is 2. The summed E-state index contributed by atoms with van der Waals surface area (Å²) in [5.74, 6) is -0.162. The van der Waals surface area contributed by atoms with Crippen LogP contribution in [0.15, 0.2) is 48.5 Å². The maximum atomic E-state index is 11.9. The van der Waals surface area contributed by atoms with E-state index in [-0.39, 0.29) is 11.8 Å². The Balaban J connectivity index is 1.70. The van der Waals surface area contributed by atoms with Crippen molar-refractivity contribution in [1.82, 2.24) is 5.32 Å². The van der Waals surface area contributed by atoms with Crippen LogP contribution in [0.1, 0.15) is 24.5 Å². The molecule has 2 amide bonds. The normalized spacial score (nSPS) is 10.2. The molecule has 0 unspecified atom stereocenters. The highest BCUT2D eigenvalue weighted by molar-refractivity contribution is 5.92. The van der Waals surface area contributed by atoms with Crippen LogP contribution in [0.2, 0.25) is 0 Å². The molecule has 5 nitrogen and oxygen atoms in total. The maximum Gasteiger partial charge on any atom is 0.225 e. The second-order valence-corrected chi connectivity index (χ2v) is 5.72. The first kappa shape index (κ1) is 17.7. The van der Waals surface area contributed by atoms with Crippen molar-refractivity contribution in [2.45, 2.75) is 26.8 Å². The first-order chi connectivity index (χ1) is 11.5. The summed E-state index contributed by atoms with van der Waals surface area (Å²) in [6, 6.07) is 15.3. The van der Waals surface area contributed by atoms with E-state index in [1.807, 2.05) is 6.07 Å². The van der Waals surface area contributed by atoms with E-state index in [2.05, 4.69) is 41.1 Å². The number of amides is 2. The Morgan fingerprint density at radius 3 is 2.25 bits per heavy atom. The lowest BCUT2D eigenvalue weighted by molar-refractivity contribution is -0.116. The van der Waals surface area contributed by atoms with Gasteiger partial charge in [-0.25, -0.2) is 0 Å². The molecule has 3 N–H and O–H groups in total. The lowest BCUT2D eigenvalue weighted by Crippen LogP contribution is -2.21. The van der Waals surface area contributed by atoms with E-state index in [1.165, 1.54) is 18.1 Å². The van der Waals surface area contributed by atoms with Crippen molar-refractivity contribution in [3.05, 3.63) is 59.7 Å². The number of hydrogen-bond donors (Lipinski definition) is 3. The molecule has 0 radical (unpaired) electrons. The zero-order chi connectivity index (χ0) is 17.4. The SMILES string of the molecule is CC(=O)Nc1ccc(NC(=O)CCNCc2cccc(C)c2)cc1. The minimum atomic E-state index is -0.119. The minimum absolute atomic E-state index is 0.0426. The van der Waals surface area contributed by atoms with E-state index in [4.69, 9.17) is 0 Å². The van der Waals surface area contributed by atoms with Gasteiger partial charge in [0, 0.05) is 37.8 Å². The van der Waals surface area contributed by atoms with Crippen LogP contribution in [0.5, 0.6) is 0 Å². The summed E-state index contributed by atoms with van der Waals surface area (Å²) in [5.41, 5.74) is 3.87. The van der Waals surface area contributed by atoms with Crippen LogP contribution in [-0.4, -0.2) is 18.4 Å². The molecule has 0 saturated carbocycles.